The Morgan fingerprint density at radius 3 is 2.79 bits per heavy atom. The number of phenols is 2. The number of phenolic OH excluding ortho intramolecular Hbond substituents is 2. The molecule has 1 amide bonds. The van der Waals surface area contributed by atoms with E-state index in [4.69, 9.17) is 0 Å². The summed E-state index contributed by atoms with van der Waals surface area (Å²) in [6.07, 6.45) is 0. The molecule has 0 saturated heterocycles. The van der Waals surface area contributed by atoms with E-state index in [2.05, 4.69) is 15.2 Å². The molecule has 2 aromatic rings. The van der Waals surface area contributed by atoms with E-state index in [-0.39, 0.29) is 17.9 Å². The summed E-state index contributed by atoms with van der Waals surface area (Å²) in [5, 5.41) is 25.6. The molecule has 1 heterocycles. The fourth-order valence-corrected chi connectivity index (χ4v) is 1.65. The first kappa shape index (κ1) is 12.9. The van der Waals surface area contributed by atoms with Gasteiger partial charge in [0.05, 0.1) is 12.1 Å². The van der Waals surface area contributed by atoms with Crippen LogP contribution < -0.4 is 0 Å². The highest BCUT2D eigenvalue weighted by Crippen LogP contribution is 2.29. The third-order valence-electron chi connectivity index (χ3n) is 2.61. The molecule has 0 bridgehead atoms. The lowest BCUT2D eigenvalue weighted by Crippen LogP contribution is -2.26. The standard InChI is InChI=1S/C12H14N4O3/c1-7-13-10(15-14-7)6-16(2)12(19)8-4-3-5-9(17)11(8)18/h3-5,17-18H,6H2,1-2H3,(H,13,14,15). The number of benzene rings is 1. The number of aryl methyl sites for hydroxylation is 1. The van der Waals surface area contributed by atoms with Gasteiger partial charge in [-0.15, -0.1) is 0 Å². The largest absolute Gasteiger partial charge is 0.504 e. The summed E-state index contributed by atoms with van der Waals surface area (Å²) < 4.78 is 0. The Kier molecular flexibility index (Phi) is 3.37. The van der Waals surface area contributed by atoms with Crippen molar-refractivity contribution in [1.29, 1.82) is 0 Å². The highest BCUT2D eigenvalue weighted by Gasteiger charge is 2.19. The normalized spacial score (nSPS) is 10.4. The number of rotatable bonds is 3. The first-order chi connectivity index (χ1) is 8.99. The second-order valence-electron chi connectivity index (χ2n) is 4.17. The number of carbonyl (C=O) groups excluding carboxylic acids is 1. The predicted molar refractivity (Wildman–Crippen MR) is 66.7 cm³/mol. The highest BCUT2D eigenvalue weighted by molar-refractivity contribution is 5.97. The zero-order chi connectivity index (χ0) is 14.0. The quantitative estimate of drug-likeness (QED) is 0.710. The highest BCUT2D eigenvalue weighted by atomic mass is 16.3. The molecule has 0 radical (unpaired) electrons. The van der Waals surface area contributed by atoms with Gasteiger partial charge in [-0.2, -0.15) is 5.10 Å². The Hall–Kier alpha value is -2.57. The number of nitrogens with one attached hydrogen (secondary N) is 1. The third kappa shape index (κ3) is 2.65. The van der Waals surface area contributed by atoms with Gasteiger partial charge in [0, 0.05) is 7.05 Å². The molecule has 0 aliphatic carbocycles. The molecule has 1 aromatic heterocycles. The maximum Gasteiger partial charge on any atom is 0.257 e. The molecule has 19 heavy (non-hydrogen) atoms. The van der Waals surface area contributed by atoms with E-state index in [0.717, 1.165) is 0 Å². The molecule has 0 aliphatic heterocycles. The Morgan fingerprint density at radius 2 is 2.16 bits per heavy atom. The molecule has 100 valence electrons. The van der Waals surface area contributed by atoms with Crippen molar-refractivity contribution in [3.05, 3.63) is 35.4 Å². The molecule has 0 unspecified atom stereocenters. The van der Waals surface area contributed by atoms with Crippen LogP contribution in [0.4, 0.5) is 0 Å². The van der Waals surface area contributed by atoms with Crippen LogP contribution in [0.3, 0.4) is 0 Å². The lowest BCUT2D eigenvalue weighted by atomic mass is 10.1. The minimum atomic E-state index is -0.425. The number of hydrogen-bond acceptors (Lipinski definition) is 5. The van der Waals surface area contributed by atoms with Gasteiger partial charge in [0.15, 0.2) is 17.3 Å². The third-order valence-corrected chi connectivity index (χ3v) is 2.61. The molecule has 2 rings (SSSR count). The minimum Gasteiger partial charge on any atom is -0.504 e. The van der Waals surface area contributed by atoms with Gasteiger partial charge in [0.1, 0.15) is 5.82 Å². The van der Waals surface area contributed by atoms with E-state index in [1.807, 2.05) is 0 Å². The number of hydrogen-bond donors (Lipinski definition) is 3. The average molecular weight is 262 g/mol. The lowest BCUT2D eigenvalue weighted by molar-refractivity contribution is 0.0778. The second-order valence-corrected chi connectivity index (χ2v) is 4.17. The van der Waals surface area contributed by atoms with Crippen molar-refractivity contribution in [1.82, 2.24) is 20.1 Å². The van der Waals surface area contributed by atoms with Gasteiger partial charge >= 0.3 is 0 Å². The van der Waals surface area contributed by atoms with Crippen LogP contribution in [0.1, 0.15) is 22.0 Å². The second kappa shape index (κ2) is 4.97. The fraction of sp³-hybridized carbons (Fsp3) is 0.250. The number of aromatic nitrogens is 3. The van der Waals surface area contributed by atoms with Crippen molar-refractivity contribution >= 4 is 5.91 Å². The molecule has 1 aromatic carbocycles. The SMILES string of the molecule is Cc1nc(CN(C)C(=O)c2cccc(O)c2O)n[nH]1. The van der Waals surface area contributed by atoms with Crippen molar-refractivity contribution in [2.75, 3.05) is 7.05 Å². The smallest absolute Gasteiger partial charge is 0.257 e. The van der Waals surface area contributed by atoms with Crippen LogP contribution >= 0.6 is 0 Å². The van der Waals surface area contributed by atoms with Crippen molar-refractivity contribution in [3.63, 3.8) is 0 Å². The Labute approximate surface area is 109 Å². The summed E-state index contributed by atoms with van der Waals surface area (Å²) in [5.41, 5.74) is 0.0368. The van der Waals surface area contributed by atoms with Gasteiger partial charge < -0.3 is 15.1 Å². The van der Waals surface area contributed by atoms with Gasteiger partial charge in [-0.25, -0.2) is 4.98 Å². The van der Waals surface area contributed by atoms with Crippen molar-refractivity contribution in [2.24, 2.45) is 0 Å². The number of para-hydroxylation sites is 1. The van der Waals surface area contributed by atoms with Crippen LogP contribution in [0, 0.1) is 6.92 Å². The van der Waals surface area contributed by atoms with Crippen LogP contribution in [-0.4, -0.2) is 43.2 Å². The average Bonchev–Trinajstić information content (AvgIpc) is 2.77. The molecular weight excluding hydrogens is 248 g/mol. The lowest BCUT2D eigenvalue weighted by Gasteiger charge is -2.16. The topological polar surface area (TPSA) is 102 Å². The molecule has 7 heteroatoms. The van der Waals surface area contributed by atoms with Crippen molar-refractivity contribution < 1.29 is 15.0 Å². The van der Waals surface area contributed by atoms with Crippen LogP contribution in [0.2, 0.25) is 0 Å². The van der Waals surface area contributed by atoms with E-state index < -0.39 is 11.7 Å². The summed E-state index contributed by atoms with van der Waals surface area (Å²) in [6, 6.07) is 4.24. The predicted octanol–water partition coefficient (Wildman–Crippen LogP) is 0.797. The molecule has 0 atom stereocenters. The van der Waals surface area contributed by atoms with Gasteiger partial charge in [-0.1, -0.05) is 6.07 Å². The summed E-state index contributed by atoms with van der Waals surface area (Å²) in [4.78, 5) is 17.6. The Bertz CT molecular complexity index is 609. The van der Waals surface area contributed by atoms with E-state index in [1.54, 1.807) is 14.0 Å². The summed E-state index contributed by atoms with van der Waals surface area (Å²) >= 11 is 0. The zero-order valence-electron chi connectivity index (χ0n) is 10.6. The summed E-state index contributed by atoms with van der Waals surface area (Å²) in [6.45, 7) is 1.97. The fourth-order valence-electron chi connectivity index (χ4n) is 1.65. The van der Waals surface area contributed by atoms with E-state index in [1.165, 1.54) is 23.1 Å². The van der Waals surface area contributed by atoms with Crippen LogP contribution in [0.15, 0.2) is 18.2 Å². The Morgan fingerprint density at radius 1 is 1.42 bits per heavy atom. The Balaban J connectivity index is 2.17. The number of carbonyl (C=O) groups is 1. The number of aromatic amines is 1. The van der Waals surface area contributed by atoms with Crippen LogP contribution in [0.5, 0.6) is 11.5 Å². The van der Waals surface area contributed by atoms with E-state index >= 15 is 0 Å². The molecule has 0 spiro atoms. The van der Waals surface area contributed by atoms with Crippen LogP contribution in [0.25, 0.3) is 0 Å². The molecular formula is C12H14N4O3. The number of H-pyrrole nitrogens is 1. The minimum absolute atomic E-state index is 0.0368. The van der Waals surface area contributed by atoms with Gasteiger partial charge in [0.25, 0.3) is 5.91 Å². The maximum atomic E-state index is 12.1. The van der Waals surface area contributed by atoms with Crippen LogP contribution in [-0.2, 0) is 6.54 Å². The van der Waals surface area contributed by atoms with E-state index in [0.29, 0.717) is 11.6 Å². The van der Waals surface area contributed by atoms with E-state index in [9.17, 15) is 15.0 Å². The van der Waals surface area contributed by atoms with Gasteiger partial charge in [0.2, 0.25) is 0 Å². The molecule has 7 nitrogen and oxygen atoms in total. The van der Waals surface area contributed by atoms with Crippen molar-refractivity contribution in [3.8, 4) is 11.5 Å². The molecule has 0 aliphatic rings. The summed E-state index contributed by atoms with van der Waals surface area (Å²) in [7, 11) is 1.57. The first-order valence-corrected chi connectivity index (χ1v) is 5.63. The number of amides is 1. The number of nitrogens with zero attached hydrogens (tertiary/aromatic N) is 3. The summed E-state index contributed by atoms with van der Waals surface area (Å²) in [5.74, 6) is -0.0293. The molecule has 0 saturated carbocycles. The first-order valence-electron chi connectivity index (χ1n) is 5.63. The zero-order valence-corrected chi connectivity index (χ0v) is 10.6. The van der Waals surface area contributed by atoms with Gasteiger partial charge in [-0.3, -0.25) is 9.89 Å². The monoisotopic (exact) mass is 262 g/mol. The molecule has 0 fully saturated rings. The van der Waals surface area contributed by atoms with Gasteiger partial charge in [-0.05, 0) is 19.1 Å². The number of aromatic hydroxyl groups is 2. The molecule has 3 N–H and O–H groups in total. The van der Waals surface area contributed by atoms with Crippen molar-refractivity contribution in [2.45, 2.75) is 13.5 Å². The maximum absolute atomic E-state index is 12.1.